The van der Waals surface area contributed by atoms with Crippen LogP contribution < -0.4 is 4.74 Å². The molecule has 0 atom stereocenters. The molecule has 0 radical (unpaired) electrons. The van der Waals surface area contributed by atoms with E-state index in [-0.39, 0.29) is 22.9 Å². The van der Waals surface area contributed by atoms with Crippen molar-refractivity contribution < 1.29 is 24.2 Å². The van der Waals surface area contributed by atoms with Crippen molar-refractivity contribution in [3.05, 3.63) is 70.8 Å². The van der Waals surface area contributed by atoms with Gasteiger partial charge in [-0.05, 0) is 42.1 Å². The number of thiocarbonyl (C=S) groups is 1. The second-order valence-corrected chi connectivity index (χ2v) is 6.76. The van der Waals surface area contributed by atoms with E-state index in [1.54, 1.807) is 36.4 Å². The van der Waals surface area contributed by atoms with Crippen molar-refractivity contribution in [2.24, 2.45) is 0 Å². The molecule has 1 saturated heterocycles. The number of carboxylic acid groups (broad SMARTS) is 1. The third-order valence-electron chi connectivity index (χ3n) is 4.46. The van der Waals surface area contributed by atoms with Gasteiger partial charge in [0.05, 0.1) is 5.56 Å². The summed E-state index contributed by atoms with van der Waals surface area (Å²) in [5.74, 6) is -1.46. The summed E-state index contributed by atoms with van der Waals surface area (Å²) in [6.07, 6.45) is 1.49. The van der Waals surface area contributed by atoms with E-state index in [0.29, 0.717) is 11.3 Å². The van der Waals surface area contributed by atoms with Gasteiger partial charge in [0.15, 0.2) is 5.11 Å². The van der Waals surface area contributed by atoms with Crippen LogP contribution >= 0.6 is 12.2 Å². The number of nitrogens with zero attached hydrogens (tertiary/aromatic N) is 2. The van der Waals surface area contributed by atoms with Crippen LogP contribution in [0.25, 0.3) is 6.08 Å². The average Bonchev–Trinajstić information content (AvgIpc) is 2.73. The number of likely N-dealkylation sites (N-methyl/N-ethyl adjacent to an activating group) is 2. The molecule has 1 N–H and O–H groups in total. The molecule has 0 saturated carbocycles. The number of rotatable bonds is 5. The highest BCUT2D eigenvalue weighted by Gasteiger charge is 2.35. The third-order valence-corrected chi connectivity index (χ3v) is 5.01. The number of amides is 2. The summed E-state index contributed by atoms with van der Waals surface area (Å²) in [5.41, 5.74) is 1.54. The summed E-state index contributed by atoms with van der Waals surface area (Å²) >= 11 is 5.09. The van der Waals surface area contributed by atoms with E-state index in [4.69, 9.17) is 22.1 Å². The summed E-state index contributed by atoms with van der Waals surface area (Å²) in [5, 5.41) is 9.11. The lowest BCUT2D eigenvalue weighted by molar-refractivity contribution is -0.132. The van der Waals surface area contributed by atoms with Gasteiger partial charge in [0.1, 0.15) is 17.9 Å². The minimum Gasteiger partial charge on any atom is -0.488 e. The molecular weight excluding hydrogens is 392 g/mol. The topological polar surface area (TPSA) is 87.1 Å². The lowest BCUT2D eigenvalue weighted by Gasteiger charge is -2.31. The summed E-state index contributed by atoms with van der Waals surface area (Å²) < 4.78 is 5.84. The van der Waals surface area contributed by atoms with E-state index in [2.05, 4.69) is 0 Å². The van der Waals surface area contributed by atoms with Crippen LogP contribution in [-0.4, -0.2) is 51.9 Å². The molecular formula is C21H18N2O5S. The lowest BCUT2D eigenvalue weighted by atomic mass is 10.1. The Bertz CT molecular complexity index is 1000. The molecule has 0 aromatic heterocycles. The monoisotopic (exact) mass is 410 g/mol. The molecule has 1 fully saturated rings. The van der Waals surface area contributed by atoms with E-state index in [0.717, 1.165) is 5.56 Å². The lowest BCUT2D eigenvalue weighted by Crippen LogP contribution is -2.52. The maximum atomic E-state index is 12.5. The molecule has 1 aliphatic heterocycles. The van der Waals surface area contributed by atoms with Gasteiger partial charge in [-0.15, -0.1) is 0 Å². The summed E-state index contributed by atoms with van der Waals surface area (Å²) in [4.78, 5) is 38.4. The normalized spacial score (nSPS) is 14.3. The first kappa shape index (κ1) is 20.2. The minimum atomic E-state index is -0.995. The van der Waals surface area contributed by atoms with Gasteiger partial charge in [-0.1, -0.05) is 30.3 Å². The Labute approximate surface area is 172 Å². The van der Waals surface area contributed by atoms with Gasteiger partial charge in [0.25, 0.3) is 11.8 Å². The smallest absolute Gasteiger partial charge is 0.335 e. The summed E-state index contributed by atoms with van der Waals surface area (Å²) in [6.45, 7) is 0.200. The number of carbonyl (C=O) groups is 3. The van der Waals surface area contributed by atoms with E-state index in [1.807, 2.05) is 0 Å². The van der Waals surface area contributed by atoms with Crippen LogP contribution in [0, 0.1) is 0 Å². The number of ether oxygens (including phenoxy) is 1. The second-order valence-electron chi connectivity index (χ2n) is 6.40. The Balaban J connectivity index is 1.84. The molecule has 2 amide bonds. The number of benzene rings is 2. The molecule has 0 aliphatic carbocycles. The van der Waals surface area contributed by atoms with E-state index < -0.39 is 17.8 Å². The number of carbonyl (C=O) groups excluding carboxylic acids is 2. The highest BCUT2D eigenvalue weighted by Crippen LogP contribution is 2.25. The van der Waals surface area contributed by atoms with Crippen LogP contribution in [0.3, 0.4) is 0 Å². The van der Waals surface area contributed by atoms with E-state index >= 15 is 0 Å². The molecule has 148 valence electrons. The van der Waals surface area contributed by atoms with Crippen LogP contribution in [-0.2, 0) is 16.2 Å². The maximum Gasteiger partial charge on any atom is 0.335 e. The van der Waals surface area contributed by atoms with Crippen LogP contribution in [0.15, 0.2) is 54.1 Å². The molecule has 7 nitrogen and oxygen atoms in total. The Morgan fingerprint density at radius 2 is 1.62 bits per heavy atom. The number of aromatic carboxylic acids is 1. The molecule has 1 aliphatic rings. The fraction of sp³-hybridized carbons (Fsp3) is 0.143. The third kappa shape index (κ3) is 4.17. The molecule has 29 heavy (non-hydrogen) atoms. The Morgan fingerprint density at radius 3 is 2.21 bits per heavy atom. The van der Waals surface area contributed by atoms with Gasteiger partial charge in [0.2, 0.25) is 0 Å². The Kier molecular flexibility index (Phi) is 5.74. The van der Waals surface area contributed by atoms with E-state index in [9.17, 15) is 14.4 Å². The highest BCUT2D eigenvalue weighted by molar-refractivity contribution is 7.80. The molecule has 2 aromatic carbocycles. The van der Waals surface area contributed by atoms with E-state index in [1.165, 1.54) is 42.1 Å². The van der Waals surface area contributed by atoms with Gasteiger partial charge < -0.3 is 9.84 Å². The van der Waals surface area contributed by atoms with Crippen LogP contribution in [0.2, 0.25) is 0 Å². The van der Waals surface area contributed by atoms with Crippen molar-refractivity contribution in [2.45, 2.75) is 6.61 Å². The van der Waals surface area contributed by atoms with Gasteiger partial charge in [-0.2, -0.15) is 0 Å². The predicted octanol–water partition coefficient (Wildman–Crippen LogP) is 2.56. The SMILES string of the molecule is CN1C(=O)C(=Cc2ccccc2OCc2ccc(C(=O)O)cc2)C(=O)N(C)C1=S. The zero-order valence-corrected chi connectivity index (χ0v) is 16.6. The van der Waals surface area contributed by atoms with Crippen molar-refractivity contribution in [3.63, 3.8) is 0 Å². The average molecular weight is 410 g/mol. The largest absolute Gasteiger partial charge is 0.488 e. The molecule has 0 spiro atoms. The molecule has 0 unspecified atom stereocenters. The number of hydrogen-bond donors (Lipinski definition) is 1. The zero-order valence-electron chi connectivity index (χ0n) is 15.8. The predicted molar refractivity (Wildman–Crippen MR) is 110 cm³/mol. The first-order valence-electron chi connectivity index (χ1n) is 8.65. The number of hydrogen-bond acceptors (Lipinski definition) is 5. The van der Waals surface area contributed by atoms with Gasteiger partial charge in [-0.25, -0.2) is 4.79 Å². The van der Waals surface area contributed by atoms with Crippen LogP contribution in [0.5, 0.6) is 5.75 Å². The van der Waals surface area contributed by atoms with Gasteiger partial charge in [0, 0.05) is 19.7 Å². The fourth-order valence-corrected chi connectivity index (χ4v) is 2.93. The number of carboxylic acids is 1. The standard InChI is InChI=1S/C21H18N2O5S/c1-22-18(24)16(19(25)23(2)21(22)29)11-15-5-3-4-6-17(15)28-12-13-7-9-14(10-8-13)20(26)27/h3-11H,12H2,1-2H3,(H,26,27). The summed E-state index contributed by atoms with van der Waals surface area (Å²) in [7, 11) is 3.04. The quantitative estimate of drug-likeness (QED) is 0.463. The minimum absolute atomic E-state index is 0.00883. The molecule has 2 aromatic rings. The highest BCUT2D eigenvalue weighted by atomic mass is 32.1. The molecule has 8 heteroatoms. The number of para-hydroxylation sites is 1. The van der Waals surface area contributed by atoms with Gasteiger partial charge >= 0.3 is 5.97 Å². The van der Waals surface area contributed by atoms with Gasteiger partial charge in [-0.3, -0.25) is 19.4 Å². The molecule has 3 rings (SSSR count). The summed E-state index contributed by atoms with van der Waals surface area (Å²) in [6, 6.07) is 13.4. The Morgan fingerprint density at radius 1 is 1.03 bits per heavy atom. The first-order valence-corrected chi connectivity index (χ1v) is 9.06. The van der Waals surface area contributed by atoms with Crippen LogP contribution in [0.1, 0.15) is 21.5 Å². The van der Waals surface area contributed by atoms with Crippen molar-refractivity contribution in [2.75, 3.05) is 14.1 Å². The zero-order chi connectivity index (χ0) is 21.1. The molecule has 1 heterocycles. The second kappa shape index (κ2) is 8.24. The first-order chi connectivity index (χ1) is 13.8. The fourth-order valence-electron chi connectivity index (χ4n) is 2.77. The van der Waals surface area contributed by atoms with Crippen molar-refractivity contribution in [1.82, 2.24) is 9.80 Å². The van der Waals surface area contributed by atoms with Crippen molar-refractivity contribution in [1.29, 1.82) is 0 Å². The maximum absolute atomic E-state index is 12.5. The Hall–Kier alpha value is -3.52. The van der Waals surface area contributed by atoms with Crippen molar-refractivity contribution in [3.8, 4) is 5.75 Å². The molecule has 0 bridgehead atoms. The van der Waals surface area contributed by atoms with Crippen molar-refractivity contribution >= 4 is 41.2 Å². The van der Waals surface area contributed by atoms with Crippen LogP contribution in [0.4, 0.5) is 0 Å².